The van der Waals surface area contributed by atoms with Crippen molar-refractivity contribution < 1.29 is 32.2 Å². The number of fused-ring (bicyclic) bond motifs is 1. The molecule has 0 saturated heterocycles. The Morgan fingerprint density at radius 3 is 2.51 bits per heavy atom. The standard InChI is InChI=1S/C26H19ClF3N7O4/c1-36-20(25(39)41-3)10-18(35-36)21-17(27)9-13(11-32-21)34-23(38)16-12-33-37(22(16)26(28,29)30)19-6-4-5-15-14(19)7-8-31-24(15)40-2/h4-12H,1-3H3,(H,34,38). The highest BCUT2D eigenvalue weighted by atomic mass is 35.5. The first-order valence-corrected chi connectivity index (χ1v) is 12.1. The van der Waals surface area contributed by atoms with E-state index in [9.17, 15) is 22.8 Å². The molecule has 0 spiro atoms. The molecule has 0 aliphatic heterocycles. The number of pyridine rings is 2. The molecule has 1 amide bonds. The molecule has 0 atom stereocenters. The second-order valence-electron chi connectivity index (χ2n) is 8.55. The van der Waals surface area contributed by atoms with Gasteiger partial charge in [0.05, 0.1) is 48.6 Å². The molecule has 4 heterocycles. The van der Waals surface area contributed by atoms with Gasteiger partial charge >= 0.3 is 12.1 Å². The van der Waals surface area contributed by atoms with Crippen LogP contribution in [0.4, 0.5) is 18.9 Å². The SMILES string of the molecule is COC(=O)c1cc(-c2ncc(NC(=O)c3cnn(-c4cccc5c(OC)nccc45)c3C(F)(F)F)cc2Cl)nn1C. The molecule has 1 aromatic carbocycles. The lowest BCUT2D eigenvalue weighted by atomic mass is 10.1. The predicted octanol–water partition coefficient (Wildman–Crippen LogP) is 4.94. The van der Waals surface area contributed by atoms with Crippen LogP contribution >= 0.6 is 11.6 Å². The van der Waals surface area contributed by atoms with Gasteiger partial charge in [-0.15, -0.1) is 0 Å². The molecule has 0 bridgehead atoms. The van der Waals surface area contributed by atoms with Crippen LogP contribution in [0.2, 0.25) is 5.02 Å². The fraction of sp³-hybridized carbons (Fsp3) is 0.154. The molecule has 15 heteroatoms. The zero-order chi connectivity index (χ0) is 29.5. The zero-order valence-corrected chi connectivity index (χ0v) is 22.3. The maximum Gasteiger partial charge on any atom is 0.434 e. The van der Waals surface area contributed by atoms with E-state index in [0.717, 1.165) is 6.20 Å². The normalized spacial score (nSPS) is 11.5. The third-order valence-corrected chi connectivity index (χ3v) is 6.35. The molecule has 0 radical (unpaired) electrons. The Bertz CT molecular complexity index is 1820. The van der Waals surface area contributed by atoms with Crippen LogP contribution in [0, 0.1) is 0 Å². The number of esters is 1. The number of rotatable bonds is 6. The molecule has 5 aromatic rings. The number of aryl methyl sites for hydroxylation is 1. The van der Waals surface area contributed by atoms with Crippen LogP contribution in [0.3, 0.4) is 0 Å². The van der Waals surface area contributed by atoms with E-state index >= 15 is 0 Å². The third-order valence-electron chi connectivity index (χ3n) is 6.07. The lowest BCUT2D eigenvalue weighted by molar-refractivity contribution is -0.143. The Kier molecular flexibility index (Phi) is 7.09. The molecule has 0 aliphatic carbocycles. The first kappa shape index (κ1) is 27.6. The number of alkyl halides is 3. The molecule has 0 unspecified atom stereocenters. The van der Waals surface area contributed by atoms with E-state index in [2.05, 4.69) is 25.5 Å². The summed E-state index contributed by atoms with van der Waals surface area (Å²) in [5.74, 6) is -1.48. The number of methoxy groups -OCH3 is 2. The minimum Gasteiger partial charge on any atom is -0.481 e. The number of hydrogen-bond acceptors (Lipinski definition) is 8. The quantitative estimate of drug-likeness (QED) is 0.278. The van der Waals surface area contributed by atoms with E-state index in [1.165, 1.54) is 68.7 Å². The summed E-state index contributed by atoms with van der Waals surface area (Å²) in [7, 11) is 4.15. The minimum atomic E-state index is -4.95. The van der Waals surface area contributed by atoms with Crippen molar-refractivity contribution in [1.29, 1.82) is 0 Å². The second kappa shape index (κ2) is 10.5. The van der Waals surface area contributed by atoms with E-state index in [0.29, 0.717) is 15.5 Å². The fourth-order valence-electron chi connectivity index (χ4n) is 4.25. The summed E-state index contributed by atoms with van der Waals surface area (Å²) in [6, 6.07) is 8.87. The van der Waals surface area contributed by atoms with Crippen molar-refractivity contribution in [3.8, 4) is 23.0 Å². The number of hydrogen-bond donors (Lipinski definition) is 1. The van der Waals surface area contributed by atoms with Gasteiger partial charge in [-0.25, -0.2) is 14.5 Å². The number of nitrogens with zero attached hydrogens (tertiary/aromatic N) is 6. The highest BCUT2D eigenvalue weighted by molar-refractivity contribution is 6.33. The van der Waals surface area contributed by atoms with Crippen LogP contribution in [0.15, 0.2) is 55.0 Å². The predicted molar refractivity (Wildman–Crippen MR) is 141 cm³/mol. The number of benzene rings is 1. The molecule has 210 valence electrons. The van der Waals surface area contributed by atoms with Crippen LogP contribution in [0.25, 0.3) is 27.8 Å². The molecular weight excluding hydrogens is 567 g/mol. The number of nitrogens with one attached hydrogen (secondary N) is 1. The van der Waals surface area contributed by atoms with Crippen LogP contribution in [-0.2, 0) is 18.0 Å². The Labute approximate surface area is 234 Å². The number of ether oxygens (including phenoxy) is 2. The summed E-state index contributed by atoms with van der Waals surface area (Å²) in [5, 5.41) is 11.4. The Morgan fingerprint density at radius 2 is 1.83 bits per heavy atom. The summed E-state index contributed by atoms with van der Waals surface area (Å²) >= 11 is 6.35. The van der Waals surface area contributed by atoms with Gasteiger partial charge < -0.3 is 14.8 Å². The number of amides is 1. The molecule has 41 heavy (non-hydrogen) atoms. The molecule has 0 saturated carbocycles. The van der Waals surface area contributed by atoms with Crippen LogP contribution in [-0.4, -0.2) is 55.6 Å². The van der Waals surface area contributed by atoms with Gasteiger partial charge in [-0.05, 0) is 24.3 Å². The maximum atomic E-state index is 14.3. The highest BCUT2D eigenvalue weighted by Gasteiger charge is 2.41. The first-order valence-electron chi connectivity index (χ1n) is 11.7. The number of halogens is 4. The molecule has 4 aromatic heterocycles. The number of aromatic nitrogens is 6. The molecule has 5 rings (SSSR count). The van der Waals surface area contributed by atoms with Gasteiger partial charge in [0.1, 0.15) is 17.1 Å². The van der Waals surface area contributed by atoms with Gasteiger partial charge in [-0.3, -0.25) is 14.5 Å². The summed E-state index contributed by atoms with van der Waals surface area (Å²) < 4.78 is 54.9. The molecule has 0 fully saturated rings. The van der Waals surface area contributed by atoms with Gasteiger partial charge in [0.25, 0.3) is 5.91 Å². The largest absolute Gasteiger partial charge is 0.481 e. The van der Waals surface area contributed by atoms with Gasteiger partial charge in [0, 0.05) is 30.1 Å². The van der Waals surface area contributed by atoms with Crippen LogP contribution in [0.5, 0.6) is 5.88 Å². The Morgan fingerprint density at radius 1 is 1.05 bits per heavy atom. The Hall–Kier alpha value is -4.98. The summed E-state index contributed by atoms with van der Waals surface area (Å²) in [5.41, 5.74) is -1.32. The lowest BCUT2D eigenvalue weighted by Gasteiger charge is -2.15. The van der Waals surface area contributed by atoms with Crippen molar-refractivity contribution in [3.05, 3.63) is 77.0 Å². The van der Waals surface area contributed by atoms with E-state index in [4.69, 9.17) is 21.1 Å². The van der Waals surface area contributed by atoms with Crippen LogP contribution < -0.4 is 10.1 Å². The third kappa shape index (κ3) is 5.04. The van der Waals surface area contributed by atoms with Gasteiger partial charge in [-0.2, -0.15) is 23.4 Å². The average molecular weight is 586 g/mol. The molecule has 1 N–H and O–H groups in total. The van der Waals surface area contributed by atoms with E-state index in [1.807, 2.05) is 0 Å². The summed E-state index contributed by atoms with van der Waals surface area (Å²) in [6.45, 7) is 0. The van der Waals surface area contributed by atoms with Crippen molar-refractivity contribution in [1.82, 2.24) is 29.5 Å². The zero-order valence-electron chi connectivity index (χ0n) is 21.5. The van der Waals surface area contributed by atoms with Crippen molar-refractivity contribution in [3.63, 3.8) is 0 Å². The van der Waals surface area contributed by atoms with Gasteiger partial charge in [-0.1, -0.05) is 17.7 Å². The number of carbonyl (C=O) groups excluding carboxylic acids is 2. The topological polar surface area (TPSA) is 126 Å². The minimum absolute atomic E-state index is 0.0229. The molecule has 0 aliphatic rings. The van der Waals surface area contributed by atoms with E-state index in [-0.39, 0.29) is 39.4 Å². The number of carbonyl (C=O) groups is 2. The van der Waals surface area contributed by atoms with E-state index < -0.39 is 29.3 Å². The first-order chi connectivity index (χ1) is 19.5. The highest BCUT2D eigenvalue weighted by Crippen LogP contribution is 2.37. The smallest absolute Gasteiger partial charge is 0.434 e. The Balaban J connectivity index is 1.49. The maximum absolute atomic E-state index is 14.3. The average Bonchev–Trinajstić information content (AvgIpc) is 3.56. The fourth-order valence-corrected chi connectivity index (χ4v) is 4.52. The van der Waals surface area contributed by atoms with Crippen molar-refractivity contribution in [2.24, 2.45) is 7.05 Å². The molecule has 11 nitrogen and oxygen atoms in total. The van der Waals surface area contributed by atoms with Crippen LogP contribution in [0.1, 0.15) is 26.5 Å². The monoisotopic (exact) mass is 585 g/mol. The summed E-state index contributed by atoms with van der Waals surface area (Å²) in [4.78, 5) is 33.2. The van der Waals surface area contributed by atoms with Crippen molar-refractivity contribution in [2.75, 3.05) is 19.5 Å². The summed E-state index contributed by atoms with van der Waals surface area (Å²) in [6.07, 6.45) is -1.51. The lowest BCUT2D eigenvalue weighted by Crippen LogP contribution is -2.21. The van der Waals surface area contributed by atoms with Crippen molar-refractivity contribution >= 4 is 39.9 Å². The van der Waals surface area contributed by atoms with Gasteiger partial charge in [0.15, 0.2) is 5.69 Å². The van der Waals surface area contributed by atoms with E-state index in [1.54, 1.807) is 6.07 Å². The second-order valence-corrected chi connectivity index (χ2v) is 8.95. The van der Waals surface area contributed by atoms with Gasteiger partial charge in [0.2, 0.25) is 5.88 Å². The number of anilines is 1. The molecular formula is C26H19ClF3N7O4. The van der Waals surface area contributed by atoms with Crippen molar-refractivity contribution in [2.45, 2.75) is 6.18 Å².